The van der Waals surface area contributed by atoms with E-state index >= 15 is 0 Å². The number of hydrogen-bond donors (Lipinski definition) is 1. The molecule has 2 aromatic carbocycles. The molecule has 2 heterocycles. The standard InChI is InChI=1S/C22H20N4O3S/c1-12-9-13(2)19-17(10-12)30-22(24-19)26-18(11-14(3)25-26)23-20(27)15-5-7-16(8-6-15)21(28)29-4/h5-11H,1-4H3,(H,23,27). The van der Waals surface area contributed by atoms with Crippen molar-refractivity contribution in [3.8, 4) is 5.13 Å². The zero-order valence-corrected chi connectivity index (χ0v) is 17.8. The number of thiazole rings is 1. The summed E-state index contributed by atoms with van der Waals surface area (Å²) in [5.41, 5.74) is 4.78. The fourth-order valence-electron chi connectivity index (χ4n) is 3.25. The highest BCUT2D eigenvalue weighted by Crippen LogP contribution is 2.30. The summed E-state index contributed by atoms with van der Waals surface area (Å²) in [6.07, 6.45) is 0. The van der Waals surface area contributed by atoms with Gasteiger partial charge >= 0.3 is 5.97 Å². The number of hydrogen-bond acceptors (Lipinski definition) is 6. The van der Waals surface area contributed by atoms with E-state index in [4.69, 9.17) is 4.98 Å². The minimum absolute atomic E-state index is 0.305. The van der Waals surface area contributed by atoms with Crippen LogP contribution in [0, 0.1) is 20.8 Å². The lowest BCUT2D eigenvalue weighted by Crippen LogP contribution is -2.15. The van der Waals surface area contributed by atoms with E-state index in [9.17, 15) is 9.59 Å². The molecule has 0 bridgehead atoms. The average molecular weight is 420 g/mol. The number of rotatable bonds is 4. The Balaban J connectivity index is 1.65. The van der Waals surface area contributed by atoms with Gasteiger partial charge in [0.1, 0.15) is 5.82 Å². The quantitative estimate of drug-likeness (QED) is 0.493. The van der Waals surface area contributed by atoms with Crippen molar-refractivity contribution in [2.75, 3.05) is 12.4 Å². The Morgan fingerprint density at radius 3 is 2.43 bits per heavy atom. The molecule has 8 heteroatoms. The molecule has 0 aliphatic carbocycles. The number of carbonyl (C=O) groups is 2. The molecular weight excluding hydrogens is 400 g/mol. The normalized spacial score (nSPS) is 10.9. The fraction of sp³-hybridized carbons (Fsp3) is 0.182. The van der Waals surface area contributed by atoms with Gasteiger partial charge in [0.05, 0.1) is 28.6 Å². The van der Waals surface area contributed by atoms with Crippen molar-refractivity contribution in [1.82, 2.24) is 14.8 Å². The largest absolute Gasteiger partial charge is 0.465 e. The molecule has 7 nitrogen and oxygen atoms in total. The van der Waals surface area contributed by atoms with E-state index in [1.807, 2.05) is 13.8 Å². The Labute approximate surface area is 177 Å². The fourth-order valence-corrected chi connectivity index (χ4v) is 4.36. The van der Waals surface area contributed by atoms with Gasteiger partial charge in [0.15, 0.2) is 0 Å². The number of benzene rings is 2. The molecule has 0 saturated carbocycles. The Morgan fingerprint density at radius 1 is 1.03 bits per heavy atom. The lowest BCUT2D eigenvalue weighted by Gasteiger charge is -2.07. The maximum Gasteiger partial charge on any atom is 0.337 e. The maximum absolute atomic E-state index is 12.7. The summed E-state index contributed by atoms with van der Waals surface area (Å²) in [6.45, 7) is 5.95. The second kappa shape index (κ2) is 7.72. The summed E-state index contributed by atoms with van der Waals surface area (Å²) in [6, 6.07) is 12.3. The zero-order chi connectivity index (χ0) is 21.4. The molecule has 4 aromatic rings. The predicted octanol–water partition coefficient (Wildman–Crippen LogP) is 4.45. The second-order valence-corrected chi connectivity index (χ2v) is 8.04. The summed E-state index contributed by atoms with van der Waals surface area (Å²) in [7, 11) is 1.32. The van der Waals surface area contributed by atoms with Crippen LogP contribution in [0.1, 0.15) is 37.5 Å². The van der Waals surface area contributed by atoms with Crippen molar-refractivity contribution in [1.29, 1.82) is 0 Å². The van der Waals surface area contributed by atoms with Gasteiger partial charge in [0, 0.05) is 11.6 Å². The van der Waals surface area contributed by atoms with Gasteiger partial charge in [-0.1, -0.05) is 17.4 Å². The van der Waals surface area contributed by atoms with E-state index in [0.717, 1.165) is 21.5 Å². The lowest BCUT2D eigenvalue weighted by molar-refractivity contribution is 0.0600. The van der Waals surface area contributed by atoms with E-state index in [-0.39, 0.29) is 5.91 Å². The second-order valence-electron chi connectivity index (χ2n) is 7.03. The number of aryl methyl sites for hydroxylation is 3. The molecule has 0 spiro atoms. The van der Waals surface area contributed by atoms with Crippen LogP contribution in [0.2, 0.25) is 0 Å². The van der Waals surface area contributed by atoms with Crippen LogP contribution in [0.15, 0.2) is 42.5 Å². The highest BCUT2D eigenvalue weighted by molar-refractivity contribution is 7.20. The molecule has 1 amide bonds. The van der Waals surface area contributed by atoms with Crippen molar-refractivity contribution in [3.05, 3.63) is 70.4 Å². The van der Waals surface area contributed by atoms with Crippen molar-refractivity contribution in [2.24, 2.45) is 0 Å². The van der Waals surface area contributed by atoms with Crippen molar-refractivity contribution in [3.63, 3.8) is 0 Å². The Morgan fingerprint density at radius 2 is 1.73 bits per heavy atom. The maximum atomic E-state index is 12.7. The van der Waals surface area contributed by atoms with Gasteiger partial charge in [-0.05, 0) is 62.2 Å². The number of nitrogens with one attached hydrogen (secondary N) is 1. The lowest BCUT2D eigenvalue weighted by atomic mass is 10.1. The van der Waals surface area contributed by atoms with Gasteiger partial charge in [-0.3, -0.25) is 4.79 Å². The number of nitrogens with zero attached hydrogens (tertiary/aromatic N) is 3. The molecule has 1 N–H and O–H groups in total. The molecule has 0 saturated heterocycles. The number of methoxy groups -OCH3 is 1. The topological polar surface area (TPSA) is 86.1 Å². The number of anilines is 1. The minimum Gasteiger partial charge on any atom is -0.465 e. The van der Waals surface area contributed by atoms with Crippen LogP contribution >= 0.6 is 11.3 Å². The highest BCUT2D eigenvalue weighted by atomic mass is 32.1. The molecule has 0 radical (unpaired) electrons. The summed E-state index contributed by atoms with van der Waals surface area (Å²) < 4.78 is 7.41. The summed E-state index contributed by atoms with van der Waals surface area (Å²) >= 11 is 1.52. The van der Waals surface area contributed by atoms with E-state index in [0.29, 0.717) is 22.1 Å². The van der Waals surface area contributed by atoms with Crippen molar-refractivity contribution < 1.29 is 14.3 Å². The van der Waals surface area contributed by atoms with Gasteiger partial charge < -0.3 is 10.1 Å². The molecule has 0 aliphatic heterocycles. The first-order valence-electron chi connectivity index (χ1n) is 9.30. The molecule has 0 aliphatic rings. The monoisotopic (exact) mass is 420 g/mol. The molecule has 152 valence electrons. The first-order chi connectivity index (χ1) is 14.4. The molecule has 0 unspecified atom stereocenters. The Kier molecular flexibility index (Phi) is 5.09. The Hall–Kier alpha value is -3.52. The molecule has 0 atom stereocenters. The summed E-state index contributed by atoms with van der Waals surface area (Å²) in [5, 5.41) is 8.09. The average Bonchev–Trinajstić information content (AvgIpc) is 3.30. The van der Waals surface area contributed by atoms with Crippen LogP contribution in [0.25, 0.3) is 15.3 Å². The van der Waals surface area contributed by atoms with Gasteiger partial charge in [0.2, 0.25) is 5.13 Å². The smallest absolute Gasteiger partial charge is 0.337 e. The van der Waals surface area contributed by atoms with E-state index < -0.39 is 5.97 Å². The van der Waals surface area contributed by atoms with Crippen LogP contribution in [0.5, 0.6) is 0 Å². The number of esters is 1. The first-order valence-corrected chi connectivity index (χ1v) is 10.1. The third-order valence-corrected chi connectivity index (χ3v) is 5.62. The molecule has 4 rings (SSSR count). The summed E-state index contributed by atoms with van der Waals surface area (Å²) in [4.78, 5) is 29.0. The van der Waals surface area contributed by atoms with Gasteiger partial charge in [0.25, 0.3) is 5.91 Å². The number of ether oxygens (including phenoxy) is 1. The van der Waals surface area contributed by atoms with Crippen LogP contribution in [0.4, 0.5) is 5.82 Å². The first kappa shape index (κ1) is 19.8. The van der Waals surface area contributed by atoms with Crippen LogP contribution < -0.4 is 5.32 Å². The van der Waals surface area contributed by atoms with Crippen LogP contribution in [-0.4, -0.2) is 33.8 Å². The third-order valence-electron chi connectivity index (χ3n) is 4.64. The highest BCUT2D eigenvalue weighted by Gasteiger charge is 2.17. The number of amides is 1. The third kappa shape index (κ3) is 3.69. The predicted molar refractivity (Wildman–Crippen MR) is 117 cm³/mol. The minimum atomic E-state index is -0.447. The summed E-state index contributed by atoms with van der Waals surface area (Å²) in [5.74, 6) is -0.222. The van der Waals surface area contributed by atoms with E-state index in [2.05, 4.69) is 34.2 Å². The molecule has 30 heavy (non-hydrogen) atoms. The number of aromatic nitrogens is 3. The van der Waals surface area contributed by atoms with Crippen molar-refractivity contribution in [2.45, 2.75) is 20.8 Å². The van der Waals surface area contributed by atoms with Gasteiger partial charge in [-0.25, -0.2) is 9.78 Å². The SMILES string of the molecule is COC(=O)c1ccc(C(=O)Nc2cc(C)nn2-c2nc3c(C)cc(C)cc3s2)cc1. The zero-order valence-electron chi connectivity index (χ0n) is 17.0. The van der Waals surface area contributed by atoms with Gasteiger partial charge in [-0.2, -0.15) is 9.78 Å². The van der Waals surface area contributed by atoms with Gasteiger partial charge in [-0.15, -0.1) is 0 Å². The van der Waals surface area contributed by atoms with Crippen LogP contribution in [-0.2, 0) is 4.74 Å². The molecule has 2 aromatic heterocycles. The number of carbonyl (C=O) groups excluding carboxylic acids is 2. The molecule has 0 fully saturated rings. The molecular formula is C22H20N4O3S. The van der Waals surface area contributed by atoms with Crippen molar-refractivity contribution >= 4 is 39.2 Å². The van der Waals surface area contributed by atoms with E-state index in [1.165, 1.54) is 24.0 Å². The van der Waals surface area contributed by atoms with Crippen LogP contribution in [0.3, 0.4) is 0 Å². The van der Waals surface area contributed by atoms with E-state index in [1.54, 1.807) is 35.0 Å². The Bertz CT molecular complexity index is 1270. The number of fused-ring (bicyclic) bond motifs is 1.